The maximum atomic E-state index is 13.0. The molecule has 4 rings (SSSR count). The summed E-state index contributed by atoms with van der Waals surface area (Å²) in [5.41, 5.74) is 5.79. The van der Waals surface area contributed by atoms with Gasteiger partial charge in [0.1, 0.15) is 4.88 Å². The maximum absolute atomic E-state index is 13.0. The predicted octanol–water partition coefficient (Wildman–Crippen LogP) is 5.85. The van der Waals surface area contributed by atoms with E-state index in [1.165, 1.54) is 30.6 Å². The van der Waals surface area contributed by atoms with Gasteiger partial charge in [-0.25, -0.2) is 4.98 Å². The minimum Gasteiger partial charge on any atom is -0.331 e. The first-order chi connectivity index (χ1) is 13.8. The molecular weight excluding hydrogens is 368 g/mol. The highest BCUT2D eigenvalue weighted by Gasteiger charge is 2.20. The van der Waals surface area contributed by atoms with E-state index in [0.29, 0.717) is 21.4 Å². The number of nitrogens with zero attached hydrogens (tertiary/aromatic N) is 2. The van der Waals surface area contributed by atoms with Crippen LogP contribution < -0.4 is 10.7 Å². The fourth-order valence-corrected chi connectivity index (χ4v) is 4.07. The van der Waals surface area contributed by atoms with Gasteiger partial charge in [0, 0.05) is 17.0 Å². The molecule has 0 atom stereocenters. The van der Waals surface area contributed by atoms with E-state index >= 15 is 0 Å². The molecule has 0 aliphatic heterocycles. The number of hydrogen-bond acceptors (Lipinski definition) is 6. The largest absolute Gasteiger partial charge is 0.331 e. The molecule has 1 fully saturated rings. The van der Waals surface area contributed by atoms with Crippen LogP contribution in [0.5, 0.6) is 0 Å². The Morgan fingerprint density at radius 2 is 1.61 bits per heavy atom. The molecule has 0 saturated heterocycles. The number of carbonyl (C=O) groups excluding carboxylic acids is 1. The van der Waals surface area contributed by atoms with Crippen molar-refractivity contribution in [1.29, 1.82) is 0 Å². The second-order valence-corrected chi connectivity index (χ2v) is 7.73. The molecule has 142 valence electrons. The van der Waals surface area contributed by atoms with E-state index in [0.717, 1.165) is 24.2 Å². The fourth-order valence-electron chi connectivity index (χ4n) is 3.17. The molecule has 3 aromatic rings. The number of hydrazone groups is 1. The first-order valence-electron chi connectivity index (χ1n) is 9.54. The number of hydrogen-bond donors (Lipinski definition) is 2. The van der Waals surface area contributed by atoms with E-state index in [1.54, 1.807) is 0 Å². The highest BCUT2D eigenvalue weighted by atomic mass is 32.1. The van der Waals surface area contributed by atoms with Crippen molar-refractivity contribution >= 4 is 39.5 Å². The molecule has 1 aliphatic carbocycles. The summed E-state index contributed by atoms with van der Waals surface area (Å²) >= 11 is 1.34. The van der Waals surface area contributed by atoms with Gasteiger partial charge in [0.2, 0.25) is 5.78 Å². The monoisotopic (exact) mass is 390 g/mol. The second kappa shape index (κ2) is 8.80. The Labute approximate surface area is 168 Å². The summed E-state index contributed by atoms with van der Waals surface area (Å²) in [6, 6.07) is 19.1. The van der Waals surface area contributed by atoms with Gasteiger partial charge in [0.25, 0.3) is 0 Å². The molecule has 2 N–H and O–H groups in total. The van der Waals surface area contributed by atoms with Crippen LogP contribution >= 0.6 is 11.3 Å². The quantitative estimate of drug-likeness (QED) is 0.409. The fraction of sp³-hybridized carbons (Fsp3) is 0.227. The number of para-hydroxylation sites is 1. The van der Waals surface area contributed by atoms with Gasteiger partial charge in [-0.2, -0.15) is 5.10 Å². The summed E-state index contributed by atoms with van der Waals surface area (Å²) in [6.45, 7) is 0. The summed E-state index contributed by atoms with van der Waals surface area (Å²) in [6.07, 6.45) is 5.63. The SMILES string of the molecule is O=C(c1ccccc1)c1sc(Nc2ccccc2)nc1NN=C1CCCCC1. The zero-order valence-corrected chi connectivity index (χ0v) is 16.3. The van der Waals surface area contributed by atoms with E-state index in [4.69, 9.17) is 0 Å². The standard InChI is InChI=1S/C22H22N4OS/c27-19(16-10-4-1-5-11-16)20-21(26-25-18-14-8-3-9-15-18)24-22(28-20)23-17-12-6-2-7-13-17/h1-2,4-7,10-13,26H,3,8-9,14-15H2,(H,23,24). The first-order valence-corrected chi connectivity index (χ1v) is 10.4. The first kappa shape index (κ1) is 18.4. The summed E-state index contributed by atoms with van der Waals surface area (Å²) in [5, 5.41) is 8.48. The van der Waals surface area contributed by atoms with Gasteiger partial charge in [-0.1, -0.05) is 66.3 Å². The molecular formula is C22H22N4OS. The van der Waals surface area contributed by atoms with Gasteiger partial charge in [0.15, 0.2) is 10.9 Å². The topological polar surface area (TPSA) is 66.4 Å². The molecule has 0 spiro atoms. The van der Waals surface area contributed by atoms with Gasteiger partial charge in [0.05, 0.1) is 0 Å². The third-order valence-corrected chi connectivity index (χ3v) is 5.61. The number of thiazole rings is 1. The lowest BCUT2D eigenvalue weighted by Crippen LogP contribution is -2.09. The van der Waals surface area contributed by atoms with Crippen LogP contribution in [0.3, 0.4) is 0 Å². The molecule has 28 heavy (non-hydrogen) atoms. The van der Waals surface area contributed by atoms with E-state index in [1.807, 2.05) is 60.7 Å². The molecule has 0 bridgehead atoms. The Hall–Kier alpha value is -2.99. The average molecular weight is 391 g/mol. The van der Waals surface area contributed by atoms with Crippen LogP contribution in [0.25, 0.3) is 0 Å². The summed E-state index contributed by atoms with van der Waals surface area (Å²) in [7, 11) is 0. The Kier molecular flexibility index (Phi) is 5.77. The minimum atomic E-state index is -0.0504. The minimum absolute atomic E-state index is 0.0504. The third kappa shape index (κ3) is 4.46. The van der Waals surface area contributed by atoms with Crippen LogP contribution in [-0.2, 0) is 0 Å². The van der Waals surface area contributed by atoms with Gasteiger partial charge >= 0.3 is 0 Å². The normalized spacial score (nSPS) is 13.8. The number of carbonyl (C=O) groups is 1. The maximum Gasteiger partial charge on any atom is 0.206 e. The van der Waals surface area contributed by atoms with Gasteiger partial charge in [-0.05, 0) is 37.8 Å². The number of nitrogens with one attached hydrogen (secondary N) is 2. The number of benzene rings is 2. The lowest BCUT2D eigenvalue weighted by molar-refractivity contribution is 0.104. The highest BCUT2D eigenvalue weighted by Crippen LogP contribution is 2.31. The second-order valence-electron chi connectivity index (χ2n) is 6.73. The molecule has 0 unspecified atom stereocenters. The summed E-state index contributed by atoms with van der Waals surface area (Å²) < 4.78 is 0. The number of anilines is 3. The van der Waals surface area contributed by atoms with Crippen molar-refractivity contribution in [2.75, 3.05) is 10.7 Å². The van der Waals surface area contributed by atoms with E-state index in [9.17, 15) is 4.79 Å². The van der Waals surface area contributed by atoms with Crippen molar-refractivity contribution < 1.29 is 4.79 Å². The Morgan fingerprint density at radius 3 is 2.32 bits per heavy atom. The van der Waals surface area contributed by atoms with Crippen LogP contribution in [-0.4, -0.2) is 16.5 Å². The molecule has 1 aliphatic rings. The Bertz CT molecular complexity index is 959. The molecule has 5 nitrogen and oxygen atoms in total. The predicted molar refractivity (Wildman–Crippen MR) is 116 cm³/mol. The van der Waals surface area contributed by atoms with Crippen molar-refractivity contribution in [1.82, 2.24) is 4.98 Å². The highest BCUT2D eigenvalue weighted by molar-refractivity contribution is 7.18. The van der Waals surface area contributed by atoms with Gasteiger partial charge < -0.3 is 5.32 Å². The Balaban J connectivity index is 1.62. The third-order valence-electron chi connectivity index (χ3n) is 4.65. The molecule has 2 aromatic carbocycles. The van der Waals surface area contributed by atoms with Crippen LogP contribution in [0.4, 0.5) is 16.6 Å². The molecule has 6 heteroatoms. The molecule has 0 radical (unpaired) electrons. The average Bonchev–Trinajstić information content (AvgIpc) is 3.16. The zero-order chi connectivity index (χ0) is 19.2. The number of aromatic nitrogens is 1. The van der Waals surface area contributed by atoms with Gasteiger partial charge in [-0.3, -0.25) is 10.2 Å². The van der Waals surface area contributed by atoms with Crippen molar-refractivity contribution in [2.24, 2.45) is 5.10 Å². The smallest absolute Gasteiger partial charge is 0.206 e. The van der Waals surface area contributed by atoms with Crippen LogP contribution in [0.15, 0.2) is 65.8 Å². The molecule has 1 heterocycles. The van der Waals surface area contributed by atoms with E-state index in [2.05, 4.69) is 20.8 Å². The lowest BCUT2D eigenvalue weighted by Gasteiger charge is -2.12. The van der Waals surface area contributed by atoms with Gasteiger partial charge in [-0.15, -0.1) is 0 Å². The lowest BCUT2D eigenvalue weighted by atomic mass is 9.99. The number of ketones is 1. The van der Waals surface area contributed by atoms with E-state index in [-0.39, 0.29) is 5.78 Å². The Morgan fingerprint density at radius 1 is 0.929 bits per heavy atom. The van der Waals surface area contributed by atoms with Crippen LogP contribution in [0, 0.1) is 0 Å². The van der Waals surface area contributed by atoms with Crippen molar-refractivity contribution in [3.63, 3.8) is 0 Å². The summed E-state index contributed by atoms with van der Waals surface area (Å²) in [4.78, 5) is 18.2. The zero-order valence-electron chi connectivity index (χ0n) is 15.5. The van der Waals surface area contributed by atoms with Crippen molar-refractivity contribution in [2.45, 2.75) is 32.1 Å². The molecule has 1 aromatic heterocycles. The summed E-state index contributed by atoms with van der Waals surface area (Å²) in [5.74, 6) is 0.459. The molecule has 0 amide bonds. The van der Waals surface area contributed by atoms with Crippen molar-refractivity contribution in [3.8, 4) is 0 Å². The van der Waals surface area contributed by atoms with Crippen LogP contribution in [0.2, 0.25) is 0 Å². The van der Waals surface area contributed by atoms with Crippen molar-refractivity contribution in [3.05, 3.63) is 71.1 Å². The van der Waals surface area contributed by atoms with Crippen LogP contribution in [0.1, 0.15) is 47.3 Å². The number of rotatable bonds is 6. The molecule has 1 saturated carbocycles. The van der Waals surface area contributed by atoms with E-state index < -0.39 is 0 Å².